The van der Waals surface area contributed by atoms with Crippen molar-refractivity contribution in [2.24, 2.45) is 0 Å². The maximum atomic E-state index is 5.90. The average molecular weight is 333 g/mol. The number of hydrogen-bond acceptors (Lipinski definition) is 6. The molecule has 1 aromatic carbocycles. The molecule has 3 aromatic rings. The standard InChI is InChI=1S/C18H19N7/c19-16-8-14(17-18(21-16)23-24-22-17)6-11-9-20-25(10-11)15-3-1-2-13(7-15)12-4-5-12/h1-3,7-10,12,22,24H,4-6H2,(H3,19,21,23). The van der Waals surface area contributed by atoms with Crippen LogP contribution in [0.1, 0.15) is 35.4 Å². The van der Waals surface area contributed by atoms with Crippen LogP contribution in [0.3, 0.4) is 0 Å². The van der Waals surface area contributed by atoms with Crippen molar-refractivity contribution in [3.63, 3.8) is 0 Å². The number of anilines is 3. The van der Waals surface area contributed by atoms with Gasteiger partial charge in [-0.05, 0) is 53.6 Å². The van der Waals surface area contributed by atoms with Crippen LogP contribution >= 0.6 is 0 Å². The van der Waals surface area contributed by atoms with Crippen LogP contribution in [0.5, 0.6) is 0 Å². The van der Waals surface area contributed by atoms with E-state index in [1.54, 1.807) is 0 Å². The van der Waals surface area contributed by atoms with Gasteiger partial charge in [0, 0.05) is 12.6 Å². The quantitative estimate of drug-likeness (QED) is 0.586. The summed E-state index contributed by atoms with van der Waals surface area (Å²) in [5.74, 6) is 1.96. The maximum Gasteiger partial charge on any atom is 0.169 e. The molecule has 0 bridgehead atoms. The van der Waals surface area contributed by atoms with Gasteiger partial charge in [0.1, 0.15) is 5.82 Å². The van der Waals surface area contributed by atoms with Crippen molar-refractivity contribution >= 4 is 17.3 Å². The van der Waals surface area contributed by atoms with Crippen LogP contribution in [0, 0.1) is 0 Å². The van der Waals surface area contributed by atoms with E-state index in [-0.39, 0.29) is 0 Å². The zero-order chi connectivity index (χ0) is 16.8. The topological polar surface area (TPSA) is 92.8 Å². The van der Waals surface area contributed by atoms with Crippen molar-refractivity contribution in [1.29, 1.82) is 0 Å². The fraction of sp³-hybridized carbons (Fsp3) is 0.222. The van der Waals surface area contributed by atoms with Crippen molar-refractivity contribution < 1.29 is 0 Å². The van der Waals surface area contributed by atoms with Crippen molar-refractivity contribution in [2.45, 2.75) is 25.2 Å². The summed E-state index contributed by atoms with van der Waals surface area (Å²) in [6.45, 7) is 0. The molecule has 7 heteroatoms. The van der Waals surface area contributed by atoms with Crippen LogP contribution < -0.4 is 22.1 Å². The minimum atomic E-state index is 0.497. The van der Waals surface area contributed by atoms with Crippen molar-refractivity contribution in [3.05, 3.63) is 59.4 Å². The number of nitrogen functional groups attached to an aromatic ring is 1. The van der Waals surface area contributed by atoms with Crippen LogP contribution in [0.2, 0.25) is 0 Å². The molecule has 0 radical (unpaired) electrons. The van der Waals surface area contributed by atoms with E-state index in [2.05, 4.69) is 56.9 Å². The van der Waals surface area contributed by atoms with Crippen LogP contribution in [0.4, 0.5) is 17.3 Å². The molecule has 0 spiro atoms. The van der Waals surface area contributed by atoms with Crippen LogP contribution in [-0.4, -0.2) is 14.8 Å². The Kier molecular flexibility index (Phi) is 3.14. The number of benzene rings is 1. The van der Waals surface area contributed by atoms with Gasteiger partial charge in [-0.15, -0.1) is 5.53 Å². The summed E-state index contributed by atoms with van der Waals surface area (Å²) in [5, 5.41) is 4.54. The van der Waals surface area contributed by atoms with Gasteiger partial charge in [-0.3, -0.25) is 5.43 Å². The second-order valence-corrected chi connectivity index (χ2v) is 6.64. The molecule has 1 aliphatic carbocycles. The fourth-order valence-corrected chi connectivity index (χ4v) is 3.29. The minimum Gasteiger partial charge on any atom is -0.384 e. The van der Waals surface area contributed by atoms with Crippen molar-refractivity contribution in [1.82, 2.24) is 20.3 Å². The lowest BCUT2D eigenvalue weighted by molar-refractivity contribution is 0.876. The van der Waals surface area contributed by atoms with E-state index in [0.29, 0.717) is 5.82 Å². The molecule has 2 aromatic heterocycles. The number of nitrogens with one attached hydrogen (secondary N) is 3. The normalized spacial score (nSPS) is 15.5. The molecule has 5 N–H and O–H groups in total. The lowest BCUT2D eigenvalue weighted by Crippen LogP contribution is -2.19. The van der Waals surface area contributed by atoms with Crippen molar-refractivity contribution in [2.75, 3.05) is 16.6 Å². The first-order valence-electron chi connectivity index (χ1n) is 8.46. The van der Waals surface area contributed by atoms with E-state index in [0.717, 1.165) is 40.7 Å². The predicted molar refractivity (Wildman–Crippen MR) is 97.4 cm³/mol. The fourth-order valence-electron chi connectivity index (χ4n) is 3.29. The molecule has 7 nitrogen and oxygen atoms in total. The highest BCUT2D eigenvalue weighted by Gasteiger charge is 2.23. The molecule has 1 saturated carbocycles. The van der Waals surface area contributed by atoms with Crippen LogP contribution in [0.25, 0.3) is 5.69 Å². The van der Waals surface area contributed by atoms with Gasteiger partial charge in [0.2, 0.25) is 0 Å². The van der Waals surface area contributed by atoms with E-state index in [9.17, 15) is 0 Å². The van der Waals surface area contributed by atoms with Gasteiger partial charge >= 0.3 is 0 Å². The van der Waals surface area contributed by atoms with E-state index in [4.69, 9.17) is 5.73 Å². The highest BCUT2D eigenvalue weighted by Crippen LogP contribution is 2.40. The van der Waals surface area contributed by atoms with Gasteiger partial charge in [-0.1, -0.05) is 12.1 Å². The number of hydrazine groups is 2. The largest absolute Gasteiger partial charge is 0.384 e. The molecule has 1 aliphatic heterocycles. The molecule has 3 heterocycles. The molecule has 0 saturated heterocycles. The van der Waals surface area contributed by atoms with Gasteiger partial charge in [0.15, 0.2) is 5.82 Å². The monoisotopic (exact) mass is 333 g/mol. The first kappa shape index (κ1) is 14.3. The smallest absolute Gasteiger partial charge is 0.169 e. The lowest BCUT2D eigenvalue weighted by atomic mass is 10.1. The first-order valence-corrected chi connectivity index (χ1v) is 8.46. The number of fused-ring (bicyclic) bond motifs is 1. The summed E-state index contributed by atoms with van der Waals surface area (Å²) in [6, 6.07) is 10.6. The van der Waals surface area contributed by atoms with E-state index >= 15 is 0 Å². The highest BCUT2D eigenvalue weighted by molar-refractivity contribution is 5.74. The molecule has 5 rings (SSSR count). The van der Waals surface area contributed by atoms with Gasteiger partial charge in [0.05, 0.1) is 17.6 Å². The average Bonchev–Trinajstić information content (AvgIpc) is 3.18. The lowest BCUT2D eigenvalue weighted by Gasteiger charge is -2.07. The summed E-state index contributed by atoms with van der Waals surface area (Å²) < 4.78 is 1.94. The Bertz CT molecular complexity index is 942. The Hall–Kier alpha value is -3.06. The van der Waals surface area contributed by atoms with Crippen molar-refractivity contribution in [3.8, 4) is 5.69 Å². The van der Waals surface area contributed by atoms with Gasteiger partial charge in [-0.2, -0.15) is 5.10 Å². The number of pyridine rings is 1. The molecular weight excluding hydrogens is 314 g/mol. The summed E-state index contributed by atoms with van der Waals surface area (Å²) in [5.41, 5.74) is 20.4. The second kappa shape index (κ2) is 5.49. The molecule has 1 fully saturated rings. The summed E-state index contributed by atoms with van der Waals surface area (Å²) >= 11 is 0. The predicted octanol–water partition coefficient (Wildman–Crippen LogP) is 2.57. The third kappa shape index (κ3) is 2.68. The molecule has 0 unspecified atom stereocenters. The molecular formula is C18H19N7. The number of nitrogens with two attached hydrogens (primary N) is 1. The molecule has 0 atom stereocenters. The number of rotatable bonds is 4. The Morgan fingerprint density at radius 1 is 1.20 bits per heavy atom. The van der Waals surface area contributed by atoms with Crippen LogP contribution in [-0.2, 0) is 6.42 Å². The molecule has 25 heavy (non-hydrogen) atoms. The Labute approximate surface area is 145 Å². The first-order chi connectivity index (χ1) is 12.3. The van der Waals surface area contributed by atoms with E-state index < -0.39 is 0 Å². The number of aromatic nitrogens is 3. The zero-order valence-electron chi connectivity index (χ0n) is 13.7. The Morgan fingerprint density at radius 3 is 3.00 bits per heavy atom. The van der Waals surface area contributed by atoms with Gasteiger partial charge in [-0.25, -0.2) is 9.67 Å². The molecule has 126 valence electrons. The van der Waals surface area contributed by atoms with Gasteiger partial charge in [0.25, 0.3) is 0 Å². The zero-order valence-corrected chi connectivity index (χ0v) is 13.7. The SMILES string of the molecule is Nc1cc(Cc2cnn(-c3cccc(C4CC4)c3)c2)c2c(n1)NNN2. The Balaban J connectivity index is 1.43. The van der Waals surface area contributed by atoms with Gasteiger partial charge < -0.3 is 11.2 Å². The highest BCUT2D eigenvalue weighted by atomic mass is 15.6. The van der Waals surface area contributed by atoms with E-state index in [1.165, 1.54) is 18.4 Å². The molecule has 2 aliphatic rings. The summed E-state index contributed by atoms with van der Waals surface area (Å²) in [4.78, 5) is 4.26. The van der Waals surface area contributed by atoms with E-state index in [1.807, 2.05) is 16.9 Å². The summed E-state index contributed by atoms with van der Waals surface area (Å²) in [6.07, 6.45) is 7.32. The van der Waals surface area contributed by atoms with Crippen LogP contribution in [0.15, 0.2) is 42.7 Å². The number of hydrogen-bond donors (Lipinski definition) is 4. The summed E-state index contributed by atoms with van der Waals surface area (Å²) in [7, 11) is 0. The Morgan fingerprint density at radius 2 is 2.12 bits per heavy atom. The third-order valence-electron chi connectivity index (χ3n) is 4.70. The molecule has 0 amide bonds. The number of nitrogens with zero attached hydrogens (tertiary/aromatic N) is 3. The second-order valence-electron chi connectivity index (χ2n) is 6.64. The minimum absolute atomic E-state index is 0.497. The maximum absolute atomic E-state index is 5.90. The third-order valence-corrected chi connectivity index (χ3v) is 4.70.